The van der Waals surface area contributed by atoms with Crippen LogP contribution in [0.5, 0.6) is 0 Å². The van der Waals surface area contributed by atoms with E-state index >= 15 is 0 Å². The summed E-state index contributed by atoms with van der Waals surface area (Å²) in [6.07, 6.45) is 12.8. The van der Waals surface area contributed by atoms with Gasteiger partial charge in [-0.2, -0.15) is 0 Å². The number of aliphatic hydroxyl groups excluding tert-OH is 2. The largest absolute Gasteiger partial charge is 0.393 e. The number of aliphatic hydroxyl groups is 2. The second-order valence-electron chi connectivity index (χ2n) is 14.5. The summed E-state index contributed by atoms with van der Waals surface area (Å²) in [5.74, 6) is 3.81. The van der Waals surface area contributed by atoms with Gasteiger partial charge in [0.15, 0.2) is 0 Å². The van der Waals surface area contributed by atoms with Gasteiger partial charge < -0.3 is 20.4 Å². The normalized spacial score (nSPS) is 46.6. The summed E-state index contributed by atoms with van der Waals surface area (Å²) in [5.41, 5.74) is 0.547. The van der Waals surface area contributed by atoms with Crippen molar-refractivity contribution in [1.29, 1.82) is 0 Å². The SMILES string of the molecule is CC[C@H]1[C@@H](O)[C@@H]2[C@H](CC[C@]3(C)[C@@H]([C@H](C)CCC(=O)NCCN4CCCC4)CC[C@@H]23)[C@@]2(C)CC[C@@H](O)C[C@@H]12. The Morgan fingerprint density at radius 3 is 2.43 bits per heavy atom. The zero-order valence-electron chi connectivity index (χ0n) is 24.3. The minimum absolute atomic E-state index is 0.182. The highest BCUT2D eigenvalue weighted by molar-refractivity contribution is 5.75. The summed E-state index contributed by atoms with van der Waals surface area (Å²) in [5, 5.41) is 25.6. The molecule has 212 valence electrons. The number of fused-ring (bicyclic) bond motifs is 5. The van der Waals surface area contributed by atoms with E-state index in [0.29, 0.717) is 47.8 Å². The zero-order valence-corrected chi connectivity index (χ0v) is 24.3. The van der Waals surface area contributed by atoms with Crippen molar-refractivity contribution in [2.45, 2.75) is 117 Å². The Morgan fingerprint density at radius 2 is 1.70 bits per heavy atom. The van der Waals surface area contributed by atoms with E-state index < -0.39 is 0 Å². The first kappa shape index (κ1) is 27.9. The number of amides is 1. The van der Waals surface area contributed by atoms with Gasteiger partial charge in [0.05, 0.1) is 12.2 Å². The number of carbonyl (C=O) groups is 1. The Kier molecular flexibility index (Phi) is 8.36. The summed E-state index contributed by atoms with van der Waals surface area (Å²) < 4.78 is 0. The molecule has 0 unspecified atom stereocenters. The van der Waals surface area contributed by atoms with Crippen LogP contribution >= 0.6 is 0 Å². The van der Waals surface area contributed by atoms with E-state index in [1.165, 1.54) is 51.6 Å². The summed E-state index contributed by atoms with van der Waals surface area (Å²) in [6, 6.07) is 0. The molecular formula is C32H56N2O3. The summed E-state index contributed by atoms with van der Waals surface area (Å²) >= 11 is 0. The number of nitrogens with zero attached hydrogens (tertiary/aromatic N) is 1. The lowest BCUT2D eigenvalue weighted by atomic mass is 9.41. The fraction of sp³-hybridized carbons (Fsp3) is 0.969. The van der Waals surface area contributed by atoms with Crippen molar-refractivity contribution in [2.75, 3.05) is 26.2 Å². The number of nitrogens with one attached hydrogen (secondary N) is 1. The van der Waals surface area contributed by atoms with Gasteiger partial charge in [0.1, 0.15) is 0 Å². The molecule has 3 N–H and O–H groups in total. The van der Waals surface area contributed by atoms with Crippen LogP contribution in [0.1, 0.15) is 105 Å². The summed E-state index contributed by atoms with van der Waals surface area (Å²) in [7, 11) is 0. The Labute approximate surface area is 226 Å². The molecule has 5 fully saturated rings. The number of rotatable bonds is 8. The number of hydrogen-bond donors (Lipinski definition) is 3. The maximum Gasteiger partial charge on any atom is 0.220 e. The molecule has 11 atom stereocenters. The highest BCUT2D eigenvalue weighted by Gasteiger charge is 2.64. The van der Waals surface area contributed by atoms with Gasteiger partial charge >= 0.3 is 0 Å². The van der Waals surface area contributed by atoms with Crippen LogP contribution in [0, 0.1) is 52.3 Å². The lowest BCUT2D eigenvalue weighted by molar-refractivity contribution is -0.203. The van der Waals surface area contributed by atoms with E-state index in [0.717, 1.165) is 45.2 Å². The van der Waals surface area contributed by atoms with Crippen LogP contribution < -0.4 is 5.32 Å². The van der Waals surface area contributed by atoms with Gasteiger partial charge in [0.2, 0.25) is 5.91 Å². The van der Waals surface area contributed by atoms with Crippen LogP contribution in [0.4, 0.5) is 0 Å². The van der Waals surface area contributed by atoms with Gasteiger partial charge in [-0.1, -0.05) is 34.1 Å². The fourth-order valence-corrected chi connectivity index (χ4v) is 10.9. The van der Waals surface area contributed by atoms with Crippen LogP contribution in [0.3, 0.4) is 0 Å². The van der Waals surface area contributed by atoms with E-state index in [2.05, 4.69) is 37.9 Å². The van der Waals surface area contributed by atoms with Crippen molar-refractivity contribution in [2.24, 2.45) is 52.3 Å². The molecule has 0 aromatic heterocycles. The van der Waals surface area contributed by atoms with E-state index in [9.17, 15) is 15.0 Å². The van der Waals surface area contributed by atoms with Crippen molar-refractivity contribution >= 4 is 5.91 Å². The third-order valence-electron chi connectivity index (χ3n) is 12.9. The van der Waals surface area contributed by atoms with E-state index in [-0.39, 0.29) is 28.9 Å². The first-order chi connectivity index (χ1) is 17.7. The average molecular weight is 517 g/mol. The quantitative estimate of drug-likeness (QED) is 0.412. The second kappa shape index (κ2) is 11.1. The molecule has 5 rings (SSSR count). The third-order valence-corrected chi connectivity index (χ3v) is 12.9. The number of likely N-dealkylation sites (tertiary alicyclic amines) is 1. The van der Waals surface area contributed by atoms with Crippen molar-refractivity contribution < 1.29 is 15.0 Å². The Morgan fingerprint density at radius 1 is 1.00 bits per heavy atom. The van der Waals surface area contributed by atoms with Crippen molar-refractivity contribution in [1.82, 2.24) is 10.2 Å². The van der Waals surface area contributed by atoms with Crippen LogP contribution in [0.2, 0.25) is 0 Å². The molecule has 4 aliphatic carbocycles. The molecule has 0 aromatic carbocycles. The molecule has 4 saturated carbocycles. The molecule has 5 aliphatic rings. The zero-order chi connectivity index (χ0) is 26.4. The van der Waals surface area contributed by atoms with Gasteiger partial charge in [0, 0.05) is 19.5 Å². The Hall–Kier alpha value is -0.650. The standard InChI is InChI=1S/C32H56N2O3/c1-5-23-27-20-22(35)12-14-32(27,4)26-13-15-31(3)24(9-10-25(31)29(26)30(23)37)21(2)8-11-28(36)33-16-19-34-17-6-7-18-34/h21-27,29-30,35,37H,5-20H2,1-4H3,(H,33,36)/t21-,22-,23-,24-,25+,26+,27+,29+,30-,31-,32-/m1/s1. The van der Waals surface area contributed by atoms with Gasteiger partial charge in [-0.05, 0) is 130 Å². The van der Waals surface area contributed by atoms with Crippen LogP contribution in [0.15, 0.2) is 0 Å². The highest BCUT2D eigenvalue weighted by atomic mass is 16.3. The number of hydrogen-bond acceptors (Lipinski definition) is 4. The third kappa shape index (κ3) is 5.04. The van der Waals surface area contributed by atoms with E-state index in [4.69, 9.17) is 0 Å². The van der Waals surface area contributed by atoms with Crippen LogP contribution in [-0.2, 0) is 4.79 Å². The predicted molar refractivity (Wildman–Crippen MR) is 149 cm³/mol. The first-order valence-electron chi connectivity index (χ1n) is 16.0. The Balaban J connectivity index is 1.22. The van der Waals surface area contributed by atoms with Gasteiger partial charge in [-0.25, -0.2) is 0 Å². The summed E-state index contributed by atoms with van der Waals surface area (Å²) in [4.78, 5) is 15.1. The summed E-state index contributed by atoms with van der Waals surface area (Å²) in [6.45, 7) is 13.9. The molecule has 1 heterocycles. The molecule has 1 saturated heterocycles. The molecule has 0 aromatic rings. The van der Waals surface area contributed by atoms with Crippen LogP contribution in [0.25, 0.3) is 0 Å². The molecule has 1 amide bonds. The highest BCUT2D eigenvalue weighted by Crippen LogP contribution is 2.69. The number of carbonyl (C=O) groups excluding carboxylic acids is 1. The Bertz CT molecular complexity index is 799. The second-order valence-corrected chi connectivity index (χ2v) is 14.5. The molecule has 0 spiro atoms. The van der Waals surface area contributed by atoms with Crippen molar-refractivity contribution in [3.05, 3.63) is 0 Å². The van der Waals surface area contributed by atoms with Crippen molar-refractivity contribution in [3.63, 3.8) is 0 Å². The van der Waals surface area contributed by atoms with Gasteiger partial charge in [0.25, 0.3) is 0 Å². The first-order valence-corrected chi connectivity index (χ1v) is 16.0. The minimum Gasteiger partial charge on any atom is -0.393 e. The topological polar surface area (TPSA) is 72.8 Å². The van der Waals surface area contributed by atoms with Crippen molar-refractivity contribution in [3.8, 4) is 0 Å². The maximum atomic E-state index is 12.6. The van der Waals surface area contributed by atoms with Crippen LogP contribution in [-0.4, -0.2) is 59.4 Å². The lowest BCUT2D eigenvalue weighted by Gasteiger charge is -2.64. The van der Waals surface area contributed by atoms with Gasteiger partial charge in [-0.3, -0.25) is 4.79 Å². The maximum absolute atomic E-state index is 12.6. The van der Waals surface area contributed by atoms with E-state index in [1.807, 2.05) is 0 Å². The average Bonchev–Trinajstić information content (AvgIpc) is 3.51. The predicted octanol–water partition coefficient (Wildman–Crippen LogP) is 5.24. The molecule has 5 nitrogen and oxygen atoms in total. The molecule has 0 radical (unpaired) electrons. The lowest BCUT2D eigenvalue weighted by Crippen LogP contribution is -2.62. The minimum atomic E-state index is -0.224. The smallest absolute Gasteiger partial charge is 0.220 e. The molecule has 5 heteroatoms. The van der Waals surface area contributed by atoms with Gasteiger partial charge in [-0.15, -0.1) is 0 Å². The fourth-order valence-electron chi connectivity index (χ4n) is 10.9. The monoisotopic (exact) mass is 516 g/mol. The molecular weight excluding hydrogens is 460 g/mol. The molecule has 1 aliphatic heterocycles. The molecule has 0 bridgehead atoms. The van der Waals surface area contributed by atoms with E-state index in [1.54, 1.807) is 0 Å². The molecule has 37 heavy (non-hydrogen) atoms.